The highest BCUT2D eigenvalue weighted by Gasteiger charge is 2.20. The average Bonchev–Trinajstić information content (AvgIpc) is 2.87. The first-order valence-electron chi connectivity index (χ1n) is 5.91. The van der Waals surface area contributed by atoms with Gasteiger partial charge in [-0.15, -0.1) is 10.2 Å². The predicted molar refractivity (Wildman–Crippen MR) is 68.9 cm³/mol. The Hall–Kier alpha value is -2.82. The number of carbonyl (C=O) groups is 1. The number of pyridine rings is 1. The van der Waals surface area contributed by atoms with Gasteiger partial charge in [0, 0.05) is 18.0 Å². The van der Waals surface area contributed by atoms with Crippen molar-refractivity contribution in [2.45, 2.75) is 25.9 Å². The summed E-state index contributed by atoms with van der Waals surface area (Å²) >= 11 is 0. The number of aromatic nitrogens is 5. The molecule has 8 nitrogen and oxygen atoms in total. The topological polar surface area (TPSA) is 109 Å². The van der Waals surface area contributed by atoms with Crippen LogP contribution >= 0.6 is 0 Å². The van der Waals surface area contributed by atoms with Crippen LogP contribution in [0, 0.1) is 11.3 Å². The van der Waals surface area contributed by atoms with Gasteiger partial charge in [-0.25, -0.2) is 0 Å². The smallest absolute Gasteiger partial charge is 0.244 e. The van der Waals surface area contributed by atoms with Gasteiger partial charge in [0.05, 0.1) is 6.07 Å². The van der Waals surface area contributed by atoms with Crippen LogP contribution in [0.25, 0.3) is 11.4 Å². The van der Waals surface area contributed by atoms with Crippen LogP contribution < -0.4 is 5.32 Å². The molecule has 102 valence electrons. The van der Waals surface area contributed by atoms with E-state index in [0.29, 0.717) is 5.82 Å². The summed E-state index contributed by atoms with van der Waals surface area (Å²) in [7, 11) is 0. The van der Waals surface area contributed by atoms with E-state index in [1.165, 1.54) is 4.80 Å². The zero-order valence-electron chi connectivity index (χ0n) is 11.1. The average molecular weight is 271 g/mol. The van der Waals surface area contributed by atoms with Gasteiger partial charge in [0.25, 0.3) is 0 Å². The molecule has 0 aromatic carbocycles. The van der Waals surface area contributed by atoms with Gasteiger partial charge < -0.3 is 5.32 Å². The minimum atomic E-state index is -0.927. The fourth-order valence-electron chi connectivity index (χ4n) is 1.47. The van der Waals surface area contributed by atoms with E-state index < -0.39 is 5.54 Å². The molecule has 0 aliphatic rings. The highest BCUT2D eigenvalue weighted by Crippen LogP contribution is 2.10. The Bertz CT molecular complexity index is 641. The van der Waals surface area contributed by atoms with Crippen LogP contribution in [-0.2, 0) is 11.3 Å². The minimum absolute atomic E-state index is 0.0988. The zero-order chi connectivity index (χ0) is 14.6. The largest absolute Gasteiger partial charge is 0.337 e. The summed E-state index contributed by atoms with van der Waals surface area (Å²) < 4.78 is 0. The molecule has 0 atom stereocenters. The van der Waals surface area contributed by atoms with E-state index in [2.05, 4.69) is 25.7 Å². The van der Waals surface area contributed by atoms with Crippen molar-refractivity contribution in [1.29, 1.82) is 5.26 Å². The Balaban J connectivity index is 2.04. The second-order valence-corrected chi connectivity index (χ2v) is 4.67. The van der Waals surface area contributed by atoms with Crippen LogP contribution in [0.1, 0.15) is 13.8 Å². The molecule has 2 heterocycles. The van der Waals surface area contributed by atoms with E-state index >= 15 is 0 Å². The van der Waals surface area contributed by atoms with Crippen molar-refractivity contribution < 1.29 is 4.79 Å². The van der Waals surface area contributed by atoms with E-state index in [4.69, 9.17) is 5.26 Å². The number of nitrogens with one attached hydrogen (secondary N) is 1. The SMILES string of the molecule is CC(C)(C#N)NC(=O)Cn1nnc(-c2cccnc2)n1. The van der Waals surface area contributed by atoms with Crippen LogP contribution in [0.15, 0.2) is 24.5 Å². The van der Waals surface area contributed by atoms with Crippen molar-refractivity contribution in [3.8, 4) is 17.5 Å². The van der Waals surface area contributed by atoms with E-state index in [0.717, 1.165) is 5.56 Å². The lowest BCUT2D eigenvalue weighted by Crippen LogP contribution is -2.43. The number of nitrogens with zero attached hydrogens (tertiary/aromatic N) is 6. The molecule has 0 radical (unpaired) electrons. The summed E-state index contributed by atoms with van der Waals surface area (Å²) in [6.07, 6.45) is 3.26. The van der Waals surface area contributed by atoms with Crippen LogP contribution in [0.4, 0.5) is 0 Å². The van der Waals surface area contributed by atoms with Crippen LogP contribution in [0.5, 0.6) is 0 Å². The summed E-state index contributed by atoms with van der Waals surface area (Å²) in [5.74, 6) is 0.0390. The Morgan fingerprint density at radius 2 is 2.35 bits per heavy atom. The fraction of sp³-hybridized carbons (Fsp3) is 0.333. The van der Waals surface area contributed by atoms with Gasteiger partial charge >= 0.3 is 0 Å². The molecule has 0 saturated carbocycles. The molecule has 1 N–H and O–H groups in total. The standard InChI is InChI=1S/C12H13N7O/c1-12(2,8-13)15-10(20)7-19-17-11(16-18-19)9-4-3-5-14-6-9/h3-6H,7H2,1-2H3,(H,15,20). The quantitative estimate of drug-likeness (QED) is 0.847. The molecule has 0 bridgehead atoms. The molecule has 0 aliphatic carbocycles. The summed E-state index contributed by atoms with van der Waals surface area (Å²) in [5.41, 5.74) is -0.208. The van der Waals surface area contributed by atoms with E-state index in [-0.39, 0.29) is 12.5 Å². The third-order valence-corrected chi connectivity index (χ3v) is 2.39. The second kappa shape index (κ2) is 5.44. The van der Waals surface area contributed by atoms with Gasteiger partial charge in [0.1, 0.15) is 12.1 Å². The Kier molecular flexibility index (Phi) is 3.70. The molecule has 0 aliphatic heterocycles. The van der Waals surface area contributed by atoms with Crippen molar-refractivity contribution in [3.63, 3.8) is 0 Å². The number of tetrazole rings is 1. The molecule has 0 fully saturated rings. The number of hydrogen-bond donors (Lipinski definition) is 1. The van der Waals surface area contributed by atoms with Gasteiger partial charge in [-0.3, -0.25) is 9.78 Å². The molecular weight excluding hydrogens is 258 g/mol. The predicted octanol–water partition coefficient (Wildman–Crippen LogP) is 0.153. The van der Waals surface area contributed by atoms with Gasteiger partial charge in [0.15, 0.2) is 0 Å². The Morgan fingerprint density at radius 3 is 3.00 bits per heavy atom. The maximum atomic E-state index is 11.7. The minimum Gasteiger partial charge on any atom is -0.337 e. The van der Waals surface area contributed by atoms with Crippen molar-refractivity contribution in [2.75, 3.05) is 0 Å². The number of rotatable bonds is 4. The molecule has 8 heteroatoms. The first-order valence-corrected chi connectivity index (χ1v) is 5.91. The molecule has 2 rings (SSSR count). The van der Waals surface area contributed by atoms with Crippen LogP contribution in [0.2, 0.25) is 0 Å². The molecule has 2 aromatic heterocycles. The normalized spacial score (nSPS) is 10.8. The maximum Gasteiger partial charge on any atom is 0.244 e. The van der Waals surface area contributed by atoms with E-state index in [1.54, 1.807) is 38.4 Å². The lowest BCUT2D eigenvalue weighted by atomic mass is 10.1. The van der Waals surface area contributed by atoms with E-state index in [1.807, 2.05) is 6.07 Å². The summed E-state index contributed by atoms with van der Waals surface area (Å²) in [6.45, 7) is 3.12. The third kappa shape index (κ3) is 3.35. The van der Waals surface area contributed by atoms with Gasteiger partial charge in [0.2, 0.25) is 11.7 Å². The van der Waals surface area contributed by atoms with Crippen molar-refractivity contribution in [2.24, 2.45) is 0 Å². The second-order valence-electron chi connectivity index (χ2n) is 4.67. The first kappa shape index (κ1) is 13.6. The molecule has 0 unspecified atom stereocenters. The van der Waals surface area contributed by atoms with Crippen molar-refractivity contribution in [1.82, 2.24) is 30.5 Å². The zero-order valence-corrected chi connectivity index (χ0v) is 11.1. The summed E-state index contributed by atoms with van der Waals surface area (Å²) in [5, 5.41) is 23.1. The molecule has 0 spiro atoms. The van der Waals surface area contributed by atoms with Crippen LogP contribution in [-0.4, -0.2) is 36.6 Å². The molecule has 2 aromatic rings. The molecule has 0 saturated heterocycles. The number of amides is 1. The van der Waals surface area contributed by atoms with Gasteiger partial charge in [-0.1, -0.05) is 0 Å². The summed E-state index contributed by atoms with van der Waals surface area (Å²) in [6, 6.07) is 5.54. The molecule has 20 heavy (non-hydrogen) atoms. The molecular formula is C12H13N7O. The first-order chi connectivity index (χ1) is 9.50. The lowest BCUT2D eigenvalue weighted by Gasteiger charge is -2.16. The lowest BCUT2D eigenvalue weighted by molar-refractivity contribution is -0.123. The summed E-state index contributed by atoms with van der Waals surface area (Å²) in [4.78, 5) is 16.9. The number of carbonyl (C=O) groups excluding carboxylic acids is 1. The van der Waals surface area contributed by atoms with Gasteiger partial charge in [-0.05, 0) is 31.2 Å². The van der Waals surface area contributed by atoms with Crippen LogP contribution in [0.3, 0.4) is 0 Å². The van der Waals surface area contributed by atoms with E-state index in [9.17, 15) is 4.79 Å². The van der Waals surface area contributed by atoms with Crippen molar-refractivity contribution in [3.05, 3.63) is 24.5 Å². The Morgan fingerprint density at radius 1 is 1.55 bits per heavy atom. The highest BCUT2D eigenvalue weighted by molar-refractivity contribution is 5.76. The number of hydrogen-bond acceptors (Lipinski definition) is 6. The third-order valence-electron chi connectivity index (χ3n) is 2.39. The highest BCUT2D eigenvalue weighted by atomic mass is 16.2. The molecule has 1 amide bonds. The number of nitriles is 1. The van der Waals surface area contributed by atoms with Crippen molar-refractivity contribution >= 4 is 5.91 Å². The fourth-order valence-corrected chi connectivity index (χ4v) is 1.47. The maximum absolute atomic E-state index is 11.7. The van der Waals surface area contributed by atoms with Gasteiger partial charge in [-0.2, -0.15) is 10.1 Å². The monoisotopic (exact) mass is 271 g/mol. The Labute approximate surface area is 115 Å².